The van der Waals surface area contributed by atoms with Crippen molar-refractivity contribution in [3.05, 3.63) is 69.8 Å². The van der Waals surface area contributed by atoms with E-state index < -0.39 is 190 Å². The van der Waals surface area contributed by atoms with Crippen LogP contribution in [0.2, 0.25) is 0 Å². The number of Topliss-reactive ketones (excluding diaryl/α,β-unsaturated/α-hetero) is 3. The number of aromatic hydroxyl groups is 1. The summed E-state index contributed by atoms with van der Waals surface area (Å²) in [6.45, 7) is 36.6. The van der Waals surface area contributed by atoms with Crippen LogP contribution < -0.4 is 15.4 Å². The van der Waals surface area contributed by atoms with E-state index >= 15 is 0 Å². The quantitative estimate of drug-likeness (QED) is 0.0946. The number of likely N-dealkylation sites (N-methyl/N-ethyl adjacent to an activating group) is 1. The van der Waals surface area contributed by atoms with Gasteiger partial charge in [-0.3, -0.25) is 33.8 Å². The van der Waals surface area contributed by atoms with Crippen molar-refractivity contribution >= 4 is 40.9 Å². The molecule has 0 aromatic heterocycles. The van der Waals surface area contributed by atoms with E-state index in [0.29, 0.717) is 25.2 Å². The number of carbonyl (C=O) groups excluding carboxylic acids is 6. The molecule has 0 radical (unpaired) electrons. The van der Waals surface area contributed by atoms with Gasteiger partial charge in [-0.05, 0) is 101 Å². The van der Waals surface area contributed by atoms with Crippen molar-refractivity contribution < 1.29 is 117 Å². The van der Waals surface area contributed by atoms with Crippen LogP contribution in [0, 0.1) is 60.2 Å². The Labute approximate surface area is 666 Å². The van der Waals surface area contributed by atoms with Gasteiger partial charge in [0, 0.05) is 138 Å². The first-order valence-corrected chi connectivity index (χ1v) is 40.1. The minimum Gasteiger partial charge on any atom is -0.507 e. The van der Waals surface area contributed by atoms with Crippen LogP contribution >= 0.6 is 0 Å². The number of aliphatic hydroxyl groups excluding tert-OH is 5. The van der Waals surface area contributed by atoms with E-state index in [-0.39, 0.29) is 87.9 Å². The highest BCUT2D eigenvalue weighted by atomic mass is 16.7. The molecule has 29 nitrogen and oxygen atoms in total. The SMILES string of the molecule is CC[C@H]1OC(=O)[C@H](C)[C@@H](O[C@H]2C[C@@](C)(OC)[C@@H](O)[C@H](C)O2)C(C)[C@@H](O[C@@H]2O[C@H](C)C[C@H](N(C)C)[C@H]2O)[C@](C)(OC)C[C@@H](C)C(=O)[C@H](C)[C@@H](O)[C@]1(C)O.CO[C@H]1/C=C/O[C@@]2(C)Oc3c(C)c(O)c4c(c3C2=O)C2=NC3(CCN(CC(C)C)CC3)NC2=C(NC(=O)/C(C)=C\C=C\[C@H](C)[C@H](O)[C@@H](C)[C@@H](O)[C@@H](C)[C@H](OC(C)=O)[C@@H]1C)C4=O. The van der Waals surface area contributed by atoms with Crippen molar-refractivity contribution in [2.45, 2.75) is 297 Å². The summed E-state index contributed by atoms with van der Waals surface area (Å²) in [5.74, 6) is -11.3. The molecule has 1 amide bonds. The lowest BCUT2D eigenvalue weighted by molar-refractivity contribution is -0.319. The van der Waals surface area contributed by atoms with E-state index in [0.717, 1.165) is 19.6 Å². The molecule has 9 N–H and O–H groups in total. The zero-order chi connectivity index (χ0) is 84.5. The normalized spacial score (nSPS) is 40.8. The fraction of sp³-hybridized carbons (Fsp3) is 0.750. The van der Waals surface area contributed by atoms with E-state index in [1.165, 1.54) is 55.3 Å². The van der Waals surface area contributed by atoms with Gasteiger partial charge in [0.1, 0.15) is 58.7 Å². The number of phenolic OH excluding ortho intramolecular Hbond substituents is 1. The number of aliphatic hydroxyl groups is 6. The van der Waals surface area contributed by atoms with Crippen LogP contribution in [0.15, 0.2) is 52.5 Å². The first kappa shape index (κ1) is 92.4. The van der Waals surface area contributed by atoms with Crippen molar-refractivity contribution in [2.24, 2.45) is 58.3 Å². The van der Waals surface area contributed by atoms with Crippen LogP contribution in [0.25, 0.3) is 0 Å². The predicted octanol–water partition coefficient (Wildman–Crippen LogP) is 7.06. The maximum Gasteiger partial charge on any atom is 0.312 e. The number of likely N-dealkylation sites (tertiary alicyclic amines) is 1. The van der Waals surface area contributed by atoms with E-state index in [4.69, 9.17) is 57.1 Å². The van der Waals surface area contributed by atoms with Crippen molar-refractivity contribution in [1.82, 2.24) is 20.4 Å². The average Bonchev–Trinajstić information content (AvgIpc) is 1.55. The van der Waals surface area contributed by atoms with Crippen LogP contribution in [0.3, 0.4) is 0 Å². The minimum atomic E-state index is -1.97. The number of ketones is 3. The highest BCUT2D eigenvalue weighted by Crippen LogP contribution is 2.51. The lowest BCUT2D eigenvalue weighted by Crippen LogP contribution is -2.61. The van der Waals surface area contributed by atoms with Gasteiger partial charge in [-0.1, -0.05) is 87.5 Å². The molecule has 27 atom stereocenters. The van der Waals surface area contributed by atoms with E-state index in [1.807, 2.05) is 32.8 Å². The molecule has 9 rings (SSSR count). The van der Waals surface area contributed by atoms with Crippen molar-refractivity contribution in [1.29, 1.82) is 0 Å². The maximum absolute atomic E-state index is 14.7. The number of methoxy groups -OCH3 is 3. The van der Waals surface area contributed by atoms with Crippen LogP contribution in [0.4, 0.5) is 0 Å². The maximum atomic E-state index is 14.7. The Bertz CT molecular complexity index is 3750. The number of phenols is 1. The van der Waals surface area contributed by atoms with E-state index in [1.54, 1.807) is 107 Å². The molecule has 113 heavy (non-hydrogen) atoms. The van der Waals surface area contributed by atoms with Crippen molar-refractivity contribution in [3.63, 3.8) is 0 Å². The molecule has 1 aromatic carbocycles. The number of hydrogen-bond acceptors (Lipinski definition) is 28. The molecule has 1 unspecified atom stereocenters. The Hall–Kier alpha value is -6.13. The molecule has 4 fully saturated rings. The lowest BCUT2D eigenvalue weighted by Gasteiger charge is -2.50. The third kappa shape index (κ3) is 19.2. The van der Waals surface area contributed by atoms with Crippen LogP contribution in [0.1, 0.15) is 202 Å². The predicted molar refractivity (Wildman–Crippen MR) is 418 cm³/mol. The fourth-order valence-electron chi connectivity index (χ4n) is 17.9. The molecule has 4 saturated heterocycles. The molecule has 5 bridgehead atoms. The molecule has 636 valence electrons. The van der Waals surface area contributed by atoms with Crippen LogP contribution in [-0.4, -0.2) is 262 Å². The number of ether oxygens (including phenoxy) is 11. The number of nitrogens with one attached hydrogen (secondary N) is 2. The van der Waals surface area contributed by atoms with Gasteiger partial charge in [-0.2, -0.15) is 0 Å². The Balaban J connectivity index is 0.000000287. The number of rotatable bonds is 12. The first-order valence-electron chi connectivity index (χ1n) is 40.1. The number of hydrogen-bond donors (Lipinski definition) is 9. The third-order valence-corrected chi connectivity index (χ3v) is 25.2. The summed E-state index contributed by atoms with van der Waals surface area (Å²) in [6.07, 6.45) is -3.67. The summed E-state index contributed by atoms with van der Waals surface area (Å²) in [5.41, 5.74) is -4.44. The Morgan fingerprint density at radius 3 is 1.98 bits per heavy atom. The number of esters is 2. The summed E-state index contributed by atoms with van der Waals surface area (Å²) >= 11 is 0. The topological polar surface area (TPSA) is 388 Å². The first-order chi connectivity index (χ1) is 52.6. The number of amides is 1. The number of cyclic esters (lactones) is 1. The van der Waals surface area contributed by atoms with Crippen LogP contribution in [0.5, 0.6) is 11.5 Å². The van der Waals surface area contributed by atoms with E-state index in [9.17, 15) is 64.5 Å². The zero-order valence-corrected chi connectivity index (χ0v) is 71.0. The summed E-state index contributed by atoms with van der Waals surface area (Å²) in [4.78, 5) is 93.3. The average molecular weight is 1590 g/mol. The van der Waals surface area contributed by atoms with Gasteiger partial charge in [-0.15, -0.1) is 0 Å². The molecule has 29 heteroatoms. The highest BCUT2D eigenvalue weighted by Gasteiger charge is 2.58. The lowest BCUT2D eigenvalue weighted by atomic mass is 9.74. The number of benzene rings is 1. The molecule has 1 spiro atoms. The van der Waals surface area contributed by atoms with Crippen molar-refractivity contribution in [3.8, 4) is 11.5 Å². The van der Waals surface area contributed by atoms with Gasteiger partial charge in [0.2, 0.25) is 5.78 Å². The third-order valence-electron chi connectivity index (χ3n) is 25.2. The highest BCUT2D eigenvalue weighted by molar-refractivity contribution is 6.34. The number of allylic oxidation sites excluding steroid dienone is 4. The summed E-state index contributed by atoms with van der Waals surface area (Å²) in [5, 5.41) is 86.6. The summed E-state index contributed by atoms with van der Waals surface area (Å²) in [6, 6.07) is -0.283. The number of nitrogens with zero attached hydrogens (tertiary/aromatic N) is 3. The Morgan fingerprint density at radius 1 is 0.761 bits per heavy atom. The zero-order valence-electron chi connectivity index (χ0n) is 71.0. The number of carbonyl (C=O) groups is 6. The molecule has 1 aromatic rings. The fourth-order valence-corrected chi connectivity index (χ4v) is 17.9. The minimum absolute atomic E-state index is 0.0164. The second-order valence-corrected chi connectivity index (χ2v) is 34.7. The van der Waals surface area contributed by atoms with Gasteiger partial charge in [0.05, 0.1) is 94.7 Å². The van der Waals surface area contributed by atoms with Gasteiger partial charge in [-0.25, -0.2) is 0 Å². The number of piperidine rings is 1. The standard InChI is InChI=1S/C46H62N4O11.C38H69NO13/c1-22(2)21-50-18-16-46(17-19-50)48-34-31-32-39(54)28(8)42-33(31)43(56)45(10,61-42)59-20-15-30(58-11)25(5)41(60-29(9)51)27(7)38(53)26(6)37(52)23(3)13-12-14-24(4)44(57)47-36(40(32)55)35(34)49-46;1-15-26-38(10,45)31(42)21(4)28(40)19(2)17-37(9,47-14)33(52-35-29(41)25(39(11)12)16-20(3)48-35)22(5)30(23(6)34(44)50-26)51-27-18-36(8,46-13)32(43)24(7)49-27/h12-15,20,22-23,25-27,30,37-38,41,49,52-54H,16-19,21H2,1-11H3,(H,47,57);19-27,29-33,35,41-43,45H,15-18H2,1-14H3/b13-12+,20-15+,24-14-;/t23-,25+,26+,27+,30-,37-,38+,41+,45-;19-,20-,21+,22?,23-,24+,25+,26-,27+,29-,30+,31-,32+,33-,35+,36-,37-,38-/m01/s1. The molecule has 8 aliphatic rings. The number of fused-ring (bicyclic) bond motifs is 3. The van der Waals surface area contributed by atoms with Gasteiger partial charge >= 0.3 is 17.7 Å². The smallest absolute Gasteiger partial charge is 0.312 e. The second kappa shape index (κ2) is 36.8. The summed E-state index contributed by atoms with van der Waals surface area (Å²) < 4.78 is 67.8. The number of aliphatic imine (C=N–C) groups is 1. The molecular weight excluding hydrogens is 1460 g/mol. The largest absolute Gasteiger partial charge is 0.507 e. The Morgan fingerprint density at radius 2 is 1.40 bits per heavy atom. The monoisotopic (exact) mass is 1590 g/mol. The van der Waals surface area contributed by atoms with Crippen molar-refractivity contribution in [2.75, 3.05) is 55.1 Å². The second-order valence-electron chi connectivity index (χ2n) is 34.7. The molecule has 0 saturated carbocycles. The molecule has 7 heterocycles. The van der Waals surface area contributed by atoms with E-state index in [2.05, 4.69) is 29.4 Å². The van der Waals surface area contributed by atoms with Gasteiger partial charge in [0.15, 0.2) is 12.6 Å². The molecule has 7 aliphatic heterocycles. The summed E-state index contributed by atoms with van der Waals surface area (Å²) in [7, 11) is 8.23. The van der Waals surface area contributed by atoms with Crippen LogP contribution in [-0.2, 0) is 66.5 Å². The molecule has 1 aliphatic carbocycles. The Kier molecular flexibility index (Phi) is 30.1. The molecular formula is C84H131N5O24. The van der Waals surface area contributed by atoms with Gasteiger partial charge < -0.3 is 108 Å². The van der Waals surface area contributed by atoms with Gasteiger partial charge in [0.25, 0.3) is 11.7 Å².